The fourth-order valence-corrected chi connectivity index (χ4v) is 2.21. The number of carboxylic acid groups (broad SMARTS) is 1. The number of likely N-dealkylation sites (N-methyl/N-ethyl adjacent to an activating group) is 1. The van der Waals surface area contributed by atoms with Gasteiger partial charge in [-0.15, -0.1) is 0 Å². The second-order valence-electron chi connectivity index (χ2n) is 5.33. The van der Waals surface area contributed by atoms with Crippen LogP contribution in [-0.2, 0) is 9.59 Å². The monoisotopic (exact) mass is 292 g/mol. The molecule has 21 heavy (non-hydrogen) atoms. The number of aliphatic carboxylic acids is 1. The maximum Gasteiger partial charge on any atom is 0.323 e. The van der Waals surface area contributed by atoms with E-state index in [1.807, 2.05) is 56.3 Å². The van der Waals surface area contributed by atoms with Crippen LogP contribution < -0.4 is 0 Å². The first kappa shape index (κ1) is 17.2. The third-order valence-corrected chi connectivity index (χ3v) is 3.36. The number of rotatable bonds is 8. The summed E-state index contributed by atoms with van der Waals surface area (Å²) in [5.41, 5.74) is 0.935. The summed E-state index contributed by atoms with van der Waals surface area (Å²) >= 11 is 0. The van der Waals surface area contributed by atoms with Crippen LogP contribution in [0.5, 0.6) is 0 Å². The molecular weight excluding hydrogens is 268 g/mol. The van der Waals surface area contributed by atoms with E-state index in [4.69, 9.17) is 5.11 Å². The summed E-state index contributed by atoms with van der Waals surface area (Å²) in [5, 5.41) is 9.02. The molecular formula is C16H24N2O3. The van der Waals surface area contributed by atoms with E-state index in [1.54, 1.807) is 0 Å². The molecule has 0 bridgehead atoms. The Hall–Kier alpha value is -1.88. The number of carboxylic acids is 1. The lowest BCUT2D eigenvalue weighted by Crippen LogP contribution is -2.42. The SMILES string of the molecule is CCC(C(=O)N(CCN(C)C)CC(=O)O)c1ccccc1. The number of carbonyl (C=O) groups is 2. The van der Waals surface area contributed by atoms with Crippen LogP contribution in [0.3, 0.4) is 0 Å². The van der Waals surface area contributed by atoms with Crippen molar-refractivity contribution in [3.63, 3.8) is 0 Å². The van der Waals surface area contributed by atoms with Gasteiger partial charge in [0.15, 0.2) is 0 Å². The molecule has 0 radical (unpaired) electrons. The predicted molar refractivity (Wildman–Crippen MR) is 82.2 cm³/mol. The normalized spacial score (nSPS) is 12.2. The third-order valence-electron chi connectivity index (χ3n) is 3.36. The van der Waals surface area contributed by atoms with E-state index < -0.39 is 5.97 Å². The van der Waals surface area contributed by atoms with Crippen LogP contribution in [0.25, 0.3) is 0 Å². The summed E-state index contributed by atoms with van der Waals surface area (Å²) in [4.78, 5) is 27.0. The van der Waals surface area contributed by atoms with Crippen LogP contribution in [0.4, 0.5) is 0 Å². The summed E-state index contributed by atoms with van der Waals surface area (Å²) in [6, 6.07) is 9.52. The quantitative estimate of drug-likeness (QED) is 0.791. The molecule has 5 heteroatoms. The maximum absolute atomic E-state index is 12.7. The molecule has 1 amide bonds. The molecule has 1 N–H and O–H groups in total. The zero-order valence-corrected chi connectivity index (χ0v) is 13.0. The molecule has 1 aromatic rings. The number of amides is 1. The molecule has 1 aromatic carbocycles. The molecule has 0 fully saturated rings. The summed E-state index contributed by atoms with van der Waals surface area (Å²) < 4.78 is 0. The van der Waals surface area contributed by atoms with Crippen molar-refractivity contribution in [2.45, 2.75) is 19.3 Å². The smallest absolute Gasteiger partial charge is 0.323 e. The van der Waals surface area contributed by atoms with Crippen molar-refractivity contribution >= 4 is 11.9 Å². The molecule has 1 rings (SSSR count). The van der Waals surface area contributed by atoms with Gasteiger partial charge in [-0.1, -0.05) is 37.3 Å². The first-order valence-electron chi connectivity index (χ1n) is 7.16. The Morgan fingerprint density at radius 1 is 1.14 bits per heavy atom. The predicted octanol–water partition coefficient (Wildman–Crippen LogP) is 1.66. The van der Waals surface area contributed by atoms with Crippen LogP contribution in [0.15, 0.2) is 30.3 Å². The van der Waals surface area contributed by atoms with Crippen molar-refractivity contribution in [1.82, 2.24) is 9.80 Å². The van der Waals surface area contributed by atoms with E-state index in [0.29, 0.717) is 19.5 Å². The molecule has 116 valence electrons. The molecule has 1 atom stereocenters. The van der Waals surface area contributed by atoms with Crippen LogP contribution in [-0.4, -0.2) is 60.5 Å². The minimum Gasteiger partial charge on any atom is -0.480 e. The average molecular weight is 292 g/mol. The first-order chi connectivity index (χ1) is 9.95. The zero-order chi connectivity index (χ0) is 15.8. The van der Waals surface area contributed by atoms with Gasteiger partial charge in [-0.2, -0.15) is 0 Å². The van der Waals surface area contributed by atoms with Crippen LogP contribution in [0.1, 0.15) is 24.8 Å². The van der Waals surface area contributed by atoms with E-state index in [-0.39, 0.29) is 18.4 Å². The maximum atomic E-state index is 12.7. The average Bonchev–Trinajstić information content (AvgIpc) is 2.44. The number of nitrogens with zero attached hydrogens (tertiary/aromatic N) is 2. The number of carbonyl (C=O) groups excluding carboxylic acids is 1. The second-order valence-corrected chi connectivity index (χ2v) is 5.33. The minimum atomic E-state index is -0.981. The molecule has 5 nitrogen and oxygen atoms in total. The molecule has 1 unspecified atom stereocenters. The molecule has 0 saturated carbocycles. The van der Waals surface area contributed by atoms with Crippen LogP contribution >= 0.6 is 0 Å². The molecule has 0 aliphatic heterocycles. The van der Waals surface area contributed by atoms with E-state index >= 15 is 0 Å². The van der Waals surface area contributed by atoms with E-state index in [2.05, 4.69) is 0 Å². The fraction of sp³-hybridized carbons (Fsp3) is 0.500. The van der Waals surface area contributed by atoms with Crippen molar-refractivity contribution in [3.8, 4) is 0 Å². The third kappa shape index (κ3) is 5.55. The first-order valence-corrected chi connectivity index (χ1v) is 7.16. The highest BCUT2D eigenvalue weighted by Gasteiger charge is 2.25. The summed E-state index contributed by atoms with van der Waals surface area (Å²) in [5.74, 6) is -1.38. The molecule has 0 heterocycles. The fourth-order valence-electron chi connectivity index (χ4n) is 2.21. The lowest BCUT2D eigenvalue weighted by molar-refractivity contribution is -0.145. The van der Waals surface area contributed by atoms with Gasteiger partial charge < -0.3 is 14.9 Å². The largest absolute Gasteiger partial charge is 0.480 e. The lowest BCUT2D eigenvalue weighted by Gasteiger charge is -2.27. The Morgan fingerprint density at radius 3 is 2.24 bits per heavy atom. The van der Waals surface area contributed by atoms with Crippen LogP contribution in [0, 0.1) is 0 Å². The summed E-state index contributed by atoms with van der Waals surface area (Å²) in [6.45, 7) is 2.75. The Kier molecular flexibility index (Phi) is 6.88. The highest BCUT2D eigenvalue weighted by Crippen LogP contribution is 2.21. The van der Waals surface area contributed by atoms with Gasteiger partial charge in [0, 0.05) is 13.1 Å². The van der Waals surface area contributed by atoms with Crippen molar-refractivity contribution in [2.24, 2.45) is 0 Å². The molecule has 0 aromatic heterocycles. The minimum absolute atomic E-state index is 0.118. The molecule has 0 aliphatic rings. The zero-order valence-electron chi connectivity index (χ0n) is 13.0. The number of hydrogen-bond donors (Lipinski definition) is 1. The lowest BCUT2D eigenvalue weighted by atomic mass is 9.95. The van der Waals surface area contributed by atoms with E-state index in [1.165, 1.54) is 4.90 Å². The topological polar surface area (TPSA) is 60.9 Å². The number of hydrogen-bond acceptors (Lipinski definition) is 3. The Bertz CT molecular complexity index is 460. The second kappa shape index (κ2) is 8.42. The highest BCUT2D eigenvalue weighted by molar-refractivity contribution is 5.86. The van der Waals surface area contributed by atoms with Gasteiger partial charge in [-0.3, -0.25) is 9.59 Å². The van der Waals surface area contributed by atoms with Crippen molar-refractivity contribution in [1.29, 1.82) is 0 Å². The Labute approximate surface area is 126 Å². The summed E-state index contributed by atoms with van der Waals surface area (Å²) in [6.07, 6.45) is 0.654. The van der Waals surface area contributed by atoms with Crippen molar-refractivity contribution in [3.05, 3.63) is 35.9 Å². The summed E-state index contributed by atoms with van der Waals surface area (Å²) in [7, 11) is 3.80. The van der Waals surface area contributed by atoms with Gasteiger partial charge in [0.2, 0.25) is 5.91 Å². The highest BCUT2D eigenvalue weighted by atomic mass is 16.4. The molecule has 0 spiro atoms. The van der Waals surface area contributed by atoms with Crippen LogP contribution in [0.2, 0.25) is 0 Å². The molecule has 0 saturated heterocycles. The van der Waals surface area contributed by atoms with Gasteiger partial charge in [0.05, 0.1) is 5.92 Å². The van der Waals surface area contributed by atoms with Gasteiger partial charge in [0.25, 0.3) is 0 Å². The molecule has 0 aliphatic carbocycles. The Balaban J connectivity index is 2.88. The van der Waals surface area contributed by atoms with Crippen molar-refractivity contribution < 1.29 is 14.7 Å². The number of benzene rings is 1. The van der Waals surface area contributed by atoms with E-state index in [9.17, 15) is 9.59 Å². The van der Waals surface area contributed by atoms with Gasteiger partial charge in [-0.05, 0) is 26.1 Å². The Morgan fingerprint density at radius 2 is 1.76 bits per heavy atom. The van der Waals surface area contributed by atoms with E-state index in [0.717, 1.165) is 5.56 Å². The standard InChI is InChI=1S/C16H24N2O3/c1-4-14(13-8-6-5-7-9-13)16(21)18(12-15(19)20)11-10-17(2)3/h5-9,14H,4,10-12H2,1-3H3,(H,19,20). The van der Waals surface area contributed by atoms with Gasteiger partial charge in [-0.25, -0.2) is 0 Å². The van der Waals surface area contributed by atoms with Gasteiger partial charge in [0.1, 0.15) is 6.54 Å². The van der Waals surface area contributed by atoms with Gasteiger partial charge >= 0.3 is 5.97 Å². The van der Waals surface area contributed by atoms with Crippen molar-refractivity contribution in [2.75, 3.05) is 33.7 Å².